The average Bonchev–Trinajstić information content (AvgIpc) is 3.47. The van der Waals surface area contributed by atoms with E-state index >= 15 is 0 Å². The number of hydrogen-bond acceptors (Lipinski definition) is 5. The fourth-order valence-electron chi connectivity index (χ4n) is 7.20. The van der Waals surface area contributed by atoms with Crippen molar-refractivity contribution in [2.45, 2.75) is 36.2 Å². The second kappa shape index (κ2) is 15.2. The van der Waals surface area contributed by atoms with Gasteiger partial charge in [0.25, 0.3) is 5.24 Å². The van der Waals surface area contributed by atoms with E-state index in [1.165, 1.54) is 10.5 Å². The zero-order chi connectivity index (χ0) is 35.2. The minimum atomic E-state index is -1.14. The second-order valence-electron chi connectivity index (χ2n) is 12.8. The maximum absolute atomic E-state index is 14.8. The molecule has 1 aliphatic heterocycles. The zero-order valence-electron chi connectivity index (χ0n) is 28.7. The molecule has 0 aliphatic carbocycles. The Balaban J connectivity index is 1.24. The molecule has 0 spiro atoms. The number of rotatable bonds is 12. The first-order valence-corrected chi connectivity index (χ1v) is 18.1. The van der Waals surface area contributed by atoms with Gasteiger partial charge in [-0.3, -0.25) is 19.8 Å². The van der Waals surface area contributed by atoms with Crippen molar-refractivity contribution in [3.63, 3.8) is 0 Å². The molecule has 7 rings (SSSR count). The van der Waals surface area contributed by atoms with Gasteiger partial charge < -0.3 is 4.74 Å². The van der Waals surface area contributed by atoms with E-state index in [4.69, 9.17) is 4.74 Å². The molecular weight excluding hydrogens is 649 g/mol. The third-order valence-corrected chi connectivity index (χ3v) is 10.7. The standard InChI is InChI=1S/C45H40N2O3S/c1-32(34-17-7-3-8-18-34)46-42(35-26-28-40(50-2)29-27-35)36-19-15-16-33(30-36)31-41-43(48)47(44(49)51-41)45(37-20-9-4-10-21-37,38-22-11-5-12-23-38)39-24-13-6-14-25-39/h3-30,32,41-42,46H,31H2,1-2H3/t32-,41?,42?/m1/s1. The third-order valence-electron chi connectivity index (χ3n) is 9.70. The molecule has 5 nitrogen and oxygen atoms in total. The van der Waals surface area contributed by atoms with Gasteiger partial charge in [-0.15, -0.1) is 0 Å². The van der Waals surface area contributed by atoms with Crippen molar-refractivity contribution < 1.29 is 14.3 Å². The molecule has 254 valence electrons. The summed E-state index contributed by atoms with van der Waals surface area (Å²) in [5.74, 6) is 0.598. The number of nitrogens with zero attached hydrogens (tertiary/aromatic N) is 1. The smallest absolute Gasteiger partial charge is 0.290 e. The maximum atomic E-state index is 14.8. The Labute approximate surface area is 304 Å². The summed E-state index contributed by atoms with van der Waals surface area (Å²) in [4.78, 5) is 30.5. The van der Waals surface area contributed by atoms with Crippen LogP contribution in [0, 0.1) is 0 Å². The fraction of sp³-hybridized carbons (Fsp3) is 0.156. The Morgan fingerprint density at radius 1 is 0.647 bits per heavy atom. The first-order chi connectivity index (χ1) is 25.0. The van der Waals surface area contributed by atoms with Crippen LogP contribution in [0.2, 0.25) is 0 Å². The predicted octanol–water partition coefficient (Wildman–Crippen LogP) is 9.73. The highest BCUT2D eigenvalue weighted by atomic mass is 32.2. The molecule has 3 atom stereocenters. The van der Waals surface area contributed by atoms with Crippen molar-refractivity contribution in [2.24, 2.45) is 0 Å². The zero-order valence-corrected chi connectivity index (χ0v) is 29.5. The van der Waals surface area contributed by atoms with Crippen LogP contribution in [-0.4, -0.2) is 28.4 Å². The molecule has 6 heteroatoms. The van der Waals surface area contributed by atoms with Gasteiger partial charge in [0.1, 0.15) is 11.3 Å². The number of benzene rings is 6. The summed E-state index contributed by atoms with van der Waals surface area (Å²) in [6.45, 7) is 2.17. The van der Waals surface area contributed by atoms with Crippen LogP contribution in [0.1, 0.15) is 58.0 Å². The van der Waals surface area contributed by atoms with Crippen LogP contribution >= 0.6 is 11.8 Å². The van der Waals surface area contributed by atoms with E-state index in [9.17, 15) is 9.59 Å². The Kier molecular flexibility index (Phi) is 10.2. The van der Waals surface area contributed by atoms with Crippen LogP contribution in [0.5, 0.6) is 5.75 Å². The highest BCUT2D eigenvalue weighted by Gasteiger charge is 2.54. The minimum Gasteiger partial charge on any atom is -0.497 e. The summed E-state index contributed by atoms with van der Waals surface area (Å²) in [7, 11) is 1.67. The molecule has 1 fully saturated rings. The van der Waals surface area contributed by atoms with Crippen molar-refractivity contribution >= 4 is 22.9 Å². The van der Waals surface area contributed by atoms with Gasteiger partial charge in [-0.2, -0.15) is 0 Å². The molecule has 0 saturated carbocycles. The average molecular weight is 689 g/mol. The van der Waals surface area contributed by atoms with E-state index in [0.717, 1.165) is 50.9 Å². The van der Waals surface area contributed by atoms with Gasteiger partial charge in [0.15, 0.2) is 0 Å². The quantitative estimate of drug-likeness (QED) is 0.130. The van der Waals surface area contributed by atoms with Crippen LogP contribution in [0.25, 0.3) is 0 Å². The first kappa shape index (κ1) is 34.0. The fourth-order valence-corrected chi connectivity index (χ4v) is 8.26. The van der Waals surface area contributed by atoms with E-state index in [0.29, 0.717) is 6.42 Å². The van der Waals surface area contributed by atoms with E-state index in [-0.39, 0.29) is 23.2 Å². The van der Waals surface area contributed by atoms with Gasteiger partial charge >= 0.3 is 0 Å². The predicted molar refractivity (Wildman–Crippen MR) is 206 cm³/mol. The van der Waals surface area contributed by atoms with Gasteiger partial charge in [0.05, 0.1) is 18.4 Å². The number of carbonyl (C=O) groups is 2. The maximum Gasteiger partial charge on any atom is 0.290 e. The molecule has 0 bridgehead atoms. The lowest BCUT2D eigenvalue weighted by Crippen LogP contribution is -2.51. The number of hydrogen-bond donors (Lipinski definition) is 1. The van der Waals surface area contributed by atoms with Crippen molar-refractivity contribution in [3.8, 4) is 5.75 Å². The number of amides is 2. The number of methoxy groups -OCH3 is 1. The summed E-state index contributed by atoms with van der Waals surface area (Å²) in [5, 5.41) is 3.00. The monoisotopic (exact) mass is 688 g/mol. The lowest BCUT2D eigenvalue weighted by molar-refractivity contribution is -0.129. The summed E-state index contributed by atoms with van der Waals surface area (Å²) >= 11 is 1.12. The Bertz CT molecular complexity index is 1980. The lowest BCUT2D eigenvalue weighted by Gasteiger charge is -2.42. The van der Waals surface area contributed by atoms with Crippen LogP contribution in [0.15, 0.2) is 170 Å². The number of carbonyl (C=O) groups excluding carboxylic acids is 2. The van der Waals surface area contributed by atoms with Crippen LogP contribution in [0.3, 0.4) is 0 Å². The normalized spacial score (nSPS) is 15.8. The minimum absolute atomic E-state index is 0.0715. The molecule has 1 saturated heterocycles. The van der Waals surface area contributed by atoms with Gasteiger partial charge in [-0.25, -0.2) is 0 Å². The van der Waals surface area contributed by atoms with Crippen LogP contribution < -0.4 is 10.1 Å². The molecule has 6 aromatic carbocycles. The summed E-state index contributed by atoms with van der Waals surface area (Å²) in [6, 6.07) is 56.5. The van der Waals surface area contributed by atoms with E-state index in [2.05, 4.69) is 66.8 Å². The largest absolute Gasteiger partial charge is 0.497 e. The highest BCUT2D eigenvalue weighted by Crippen LogP contribution is 2.48. The van der Waals surface area contributed by atoms with Gasteiger partial charge in [-0.05, 0) is 64.4 Å². The Hall–Kier alpha value is -5.43. The molecular formula is C45H40N2O3S. The molecule has 1 N–H and O–H groups in total. The third kappa shape index (κ3) is 6.85. The van der Waals surface area contributed by atoms with Gasteiger partial charge in [-0.1, -0.05) is 169 Å². The van der Waals surface area contributed by atoms with Crippen molar-refractivity contribution in [3.05, 3.63) is 209 Å². The Morgan fingerprint density at radius 3 is 1.69 bits per heavy atom. The van der Waals surface area contributed by atoms with Gasteiger partial charge in [0.2, 0.25) is 5.91 Å². The molecule has 6 aromatic rings. The molecule has 0 radical (unpaired) electrons. The number of nitrogens with one attached hydrogen (secondary N) is 1. The lowest BCUT2D eigenvalue weighted by atomic mass is 9.75. The van der Waals surface area contributed by atoms with Gasteiger partial charge in [0, 0.05) is 6.04 Å². The molecule has 2 unspecified atom stereocenters. The summed E-state index contributed by atoms with van der Waals surface area (Å²) in [6.07, 6.45) is 0.414. The molecule has 1 heterocycles. The van der Waals surface area contributed by atoms with Crippen molar-refractivity contribution in [1.29, 1.82) is 0 Å². The van der Waals surface area contributed by atoms with Crippen LogP contribution in [0.4, 0.5) is 4.79 Å². The van der Waals surface area contributed by atoms with Crippen molar-refractivity contribution in [2.75, 3.05) is 7.11 Å². The molecule has 0 aromatic heterocycles. The molecule has 1 aliphatic rings. The summed E-state index contributed by atoms with van der Waals surface area (Å²) in [5.41, 5.74) is 5.78. The number of ether oxygens (including phenoxy) is 1. The van der Waals surface area contributed by atoms with E-state index in [1.807, 2.05) is 115 Å². The SMILES string of the molecule is COc1ccc(C(N[C@H](C)c2ccccc2)c2cccc(CC3SC(=O)N(C(c4ccccc4)(c4ccccc4)c4ccccc4)C3=O)c2)cc1. The van der Waals surface area contributed by atoms with E-state index in [1.54, 1.807) is 7.11 Å². The second-order valence-corrected chi connectivity index (χ2v) is 14.0. The first-order valence-electron chi connectivity index (χ1n) is 17.2. The molecule has 51 heavy (non-hydrogen) atoms. The topological polar surface area (TPSA) is 58.6 Å². The van der Waals surface area contributed by atoms with Crippen molar-refractivity contribution in [1.82, 2.24) is 10.2 Å². The number of thioether (sulfide) groups is 1. The number of imide groups is 1. The van der Waals surface area contributed by atoms with Crippen LogP contribution in [-0.2, 0) is 16.8 Å². The highest BCUT2D eigenvalue weighted by molar-refractivity contribution is 8.15. The molecule has 2 amide bonds. The van der Waals surface area contributed by atoms with E-state index < -0.39 is 10.8 Å². The Morgan fingerprint density at radius 2 is 1.16 bits per heavy atom. The summed E-state index contributed by atoms with van der Waals surface area (Å²) < 4.78 is 5.45.